The Bertz CT molecular complexity index is 538. The van der Waals surface area contributed by atoms with Crippen molar-refractivity contribution in [2.45, 2.75) is 45.6 Å². The molecule has 1 aliphatic rings. The summed E-state index contributed by atoms with van der Waals surface area (Å²) in [5, 5.41) is 5.69. The van der Waals surface area contributed by atoms with Gasteiger partial charge in [0.2, 0.25) is 5.91 Å². The summed E-state index contributed by atoms with van der Waals surface area (Å²) in [5.74, 6) is 0.321. The minimum Gasteiger partial charge on any atom is -0.336 e. The van der Waals surface area contributed by atoms with E-state index in [9.17, 15) is 9.59 Å². The van der Waals surface area contributed by atoms with Gasteiger partial charge in [0, 0.05) is 31.7 Å². The van der Waals surface area contributed by atoms with Crippen molar-refractivity contribution in [2.75, 3.05) is 18.0 Å². The van der Waals surface area contributed by atoms with Crippen molar-refractivity contribution < 1.29 is 9.59 Å². The van der Waals surface area contributed by atoms with Crippen molar-refractivity contribution in [3.8, 4) is 0 Å². The lowest BCUT2D eigenvalue weighted by atomic mass is 10.0. The number of anilines is 1. The minimum absolute atomic E-state index is 0.0162. The number of nitrogens with one attached hydrogen (secondary N) is 2. The molecule has 1 saturated carbocycles. The predicted molar refractivity (Wildman–Crippen MR) is 88.1 cm³/mol. The fraction of sp³-hybridized carbons (Fsp3) is 0.529. The van der Waals surface area contributed by atoms with Crippen LogP contribution in [-0.2, 0) is 4.79 Å². The first-order valence-electron chi connectivity index (χ1n) is 7.90. The Labute approximate surface area is 132 Å². The molecule has 5 nitrogen and oxygen atoms in total. The second-order valence-electron chi connectivity index (χ2n) is 6.06. The van der Waals surface area contributed by atoms with Crippen LogP contribution in [0.5, 0.6) is 0 Å². The highest BCUT2D eigenvalue weighted by Gasteiger charge is 2.23. The normalized spacial score (nSPS) is 13.8. The Kier molecular flexibility index (Phi) is 5.41. The highest BCUT2D eigenvalue weighted by atomic mass is 16.2. The summed E-state index contributed by atoms with van der Waals surface area (Å²) in [7, 11) is 0. The molecule has 120 valence electrons. The molecule has 2 N–H and O–H groups in total. The van der Waals surface area contributed by atoms with E-state index in [-0.39, 0.29) is 11.9 Å². The third-order valence-corrected chi connectivity index (χ3v) is 3.76. The van der Waals surface area contributed by atoms with Crippen LogP contribution in [0.3, 0.4) is 0 Å². The lowest BCUT2D eigenvalue weighted by Crippen LogP contribution is -2.42. The van der Waals surface area contributed by atoms with Crippen LogP contribution in [0.25, 0.3) is 0 Å². The molecule has 1 aromatic rings. The van der Waals surface area contributed by atoms with Crippen molar-refractivity contribution in [1.82, 2.24) is 10.6 Å². The Morgan fingerprint density at radius 1 is 1.27 bits per heavy atom. The zero-order valence-corrected chi connectivity index (χ0v) is 13.6. The SMILES string of the molecule is CC(=O)N(CCNC(=O)NC1CC1)c1ccccc1C(C)C. The molecule has 1 aliphatic carbocycles. The standard InChI is InChI=1S/C17H25N3O2/c1-12(2)15-6-4-5-7-16(15)20(13(3)21)11-10-18-17(22)19-14-8-9-14/h4-7,12,14H,8-11H2,1-3H3,(H2,18,19,22). The summed E-state index contributed by atoms with van der Waals surface area (Å²) in [6.45, 7) is 6.68. The number of hydrogen-bond donors (Lipinski definition) is 2. The number of para-hydroxylation sites is 1. The van der Waals surface area contributed by atoms with Gasteiger partial charge in [-0.2, -0.15) is 0 Å². The maximum Gasteiger partial charge on any atom is 0.315 e. The van der Waals surface area contributed by atoms with E-state index >= 15 is 0 Å². The molecule has 0 aromatic heterocycles. The van der Waals surface area contributed by atoms with Crippen molar-refractivity contribution in [1.29, 1.82) is 0 Å². The van der Waals surface area contributed by atoms with Gasteiger partial charge in [0.15, 0.2) is 0 Å². The highest BCUT2D eigenvalue weighted by Crippen LogP contribution is 2.27. The van der Waals surface area contributed by atoms with Gasteiger partial charge in [0.25, 0.3) is 0 Å². The highest BCUT2D eigenvalue weighted by molar-refractivity contribution is 5.92. The monoisotopic (exact) mass is 303 g/mol. The first-order valence-corrected chi connectivity index (χ1v) is 7.90. The van der Waals surface area contributed by atoms with Gasteiger partial charge in [-0.25, -0.2) is 4.79 Å². The van der Waals surface area contributed by atoms with Gasteiger partial charge in [0.1, 0.15) is 0 Å². The topological polar surface area (TPSA) is 61.4 Å². The third-order valence-electron chi connectivity index (χ3n) is 3.76. The molecule has 0 heterocycles. The molecular weight excluding hydrogens is 278 g/mol. The van der Waals surface area contributed by atoms with E-state index in [0.717, 1.165) is 24.1 Å². The van der Waals surface area contributed by atoms with Crippen molar-refractivity contribution in [3.05, 3.63) is 29.8 Å². The third kappa shape index (κ3) is 4.48. The number of rotatable bonds is 6. The van der Waals surface area contributed by atoms with Gasteiger partial charge in [-0.15, -0.1) is 0 Å². The predicted octanol–water partition coefficient (Wildman–Crippen LogP) is 2.62. The minimum atomic E-state index is -0.150. The fourth-order valence-corrected chi connectivity index (χ4v) is 2.41. The molecule has 0 atom stereocenters. The second kappa shape index (κ2) is 7.29. The average Bonchev–Trinajstić information content (AvgIpc) is 3.27. The molecule has 0 spiro atoms. The number of urea groups is 1. The smallest absolute Gasteiger partial charge is 0.315 e. The van der Waals surface area contributed by atoms with Crippen LogP contribution in [0, 0.1) is 0 Å². The van der Waals surface area contributed by atoms with Crippen LogP contribution in [-0.4, -0.2) is 31.1 Å². The van der Waals surface area contributed by atoms with E-state index in [2.05, 4.69) is 24.5 Å². The van der Waals surface area contributed by atoms with E-state index in [1.807, 2.05) is 24.3 Å². The van der Waals surface area contributed by atoms with Crippen molar-refractivity contribution in [2.24, 2.45) is 0 Å². The van der Waals surface area contributed by atoms with Crippen LogP contribution in [0.2, 0.25) is 0 Å². The summed E-state index contributed by atoms with van der Waals surface area (Å²) in [6.07, 6.45) is 2.13. The van der Waals surface area contributed by atoms with Gasteiger partial charge in [-0.1, -0.05) is 32.0 Å². The maximum absolute atomic E-state index is 12.0. The van der Waals surface area contributed by atoms with Crippen molar-refractivity contribution in [3.63, 3.8) is 0 Å². The molecule has 5 heteroatoms. The summed E-state index contributed by atoms with van der Waals surface area (Å²) in [6, 6.07) is 8.11. The van der Waals surface area contributed by atoms with E-state index in [1.54, 1.807) is 11.8 Å². The summed E-state index contributed by atoms with van der Waals surface area (Å²) in [4.78, 5) is 25.3. The number of benzene rings is 1. The average molecular weight is 303 g/mol. The van der Waals surface area contributed by atoms with Gasteiger partial charge >= 0.3 is 6.03 Å². The van der Waals surface area contributed by atoms with Crippen LogP contribution in [0.1, 0.15) is 45.1 Å². The number of carbonyl (C=O) groups excluding carboxylic acids is 2. The Morgan fingerprint density at radius 3 is 2.55 bits per heavy atom. The molecule has 0 unspecified atom stereocenters. The molecule has 0 saturated heterocycles. The quantitative estimate of drug-likeness (QED) is 0.848. The van der Waals surface area contributed by atoms with Crippen LogP contribution in [0.4, 0.5) is 10.5 Å². The zero-order valence-electron chi connectivity index (χ0n) is 13.6. The lowest BCUT2D eigenvalue weighted by molar-refractivity contribution is -0.116. The van der Waals surface area contributed by atoms with Crippen LogP contribution >= 0.6 is 0 Å². The number of amides is 3. The molecule has 0 aliphatic heterocycles. The largest absolute Gasteiger partial charge is 0.336 e. The number of nitrogens with zero attached hydrogens (tertiary/aromatic N) is 1. The fourth-order valence-electron chi connectivity index (χ4n) is 2.41. The molecule has 1 fully saturated rings. The van der Waals surface area contributed by atoms with Crippen LogP contribution in [0.15, 0.2) is 24.3 Å². The number of carbonyl (C=O) groups is 2. The second-order valence-corrected chi connectivity index (χ2v) is 6.06. The Morgan fingerprint density at radius 2 is 1.95 bits per heavy atom. The lowest BCUT2D eigenvalue weighted by Gasteiger charge is -2.25. The molecule has 1 aromatic carbocycles. The molecule has 0 radical (unpaired) electrons. The summed E-state index contributed by atoms with van der Waals surface area (Å²) < 4.78 is 0. The summed E-state index contributed by atoms with van der Waals surface area (Å²) in [5.41, 5.74) is 2.06. The maximum atomic E-state index is 12.0. The zero-order chi connectivity index (χ0) is 16.1. The van der Waals surface area contributed by atoms with E-state index < -0.39 is 0 Å². The first-order chi connectivity index (χ1) is 10.5. The molecule has 3 amide bonds. The molecule has 2 rings (SSSR count). The molecule has 22 heavy (non-hydrogen) atoms. The van der Waals surface area contributed by atoms with E-state index in [4.69, 9.17) is 0 Å². The number of hydrogen-bond acceptors (Lipinski definition) is 2. The van der Waals surface area contributed by atoms with Gasteiger partial charge in [0.05, 0.1) is 0 Å². The Balaban J connectivity index is 1.97. The molecular formula is C17H25N3O2. The van der Waals surface area contributed by atoms with Gasteiger partial charge in [-0.05, 0) is 30.4 Å². The van der Waals surface area contributed by atoms with E-state index in [0.29, 0.717) is 25.0 Å². The van der Waals surface area contributed by atoms with E-state index in [1.165, 1.54) is 0 Å². The Hall–Kier alpha value is -2.04. The summed E-state index contributed by atoms with van der Waals surface area (Å²) >= 11 is 0. The van der Waals surface area contributed by atoms with Gasteiger partial charge < -0.3 is 15.5 Å². The first kappa shape index (κ1) is 16.3. The molecule has 0 bridgehead atoms. The van der Waals surface area contributed by atoms with Crippen LogP contribution < -0.4 is 15.5 Å². The van der Waals surface area contributed by atoms with Crippen molar-refractivity contribution >= 4 is 17.6 Å². The van der Waals surface area contributed by atoms with Gasteiger partial charge in [-0.3, -0.25) is 4.79 Å².